The fourth-order valence-corrected chi connectivity index (χ4v) is 4.58. The minimum absolute atomic E-state index is 0.0784. The van der Waals surface area contributed by atoms with Gasteiger partial charge in [0.2, 0.25) is 0 Å². The molecule has 0 saturated carbocycles. The number of esters is 1. The summed E-state index contributed by atoms with van der Waals surface area (Å²) in [7, 11) is 0. The van der Waals surface area contributed by atoms with Gasteiger partial charge in [0.25, 0.3) is 0 Å². The lowest BCUT2D eigenvalue weighted by molar-refractivity contribution is 0.0735. The number of benzene rings is 4. The maximum atomic E-state index is 12.7. The van der Waals surface area contributed by atoms with E-state index in [9.17, 15) is 4.79 Å². The van der Waals surface area contributed by atoms with E-state index in [1.807, 2.05) is 60.8 Å². The Balaban J connectivity index is 1.27. The third kappa shape index (κ3) is 8.78. The molecule has 0 radical (unpaired) electrons. The number of nitrogens with zero attached hydrogens (tertiary/aromatic N) is 1. The van der Waals surface area contributed by atoms with Crippen LogP contribution in [-0.4, -0.2) is 12.2 Å². The van der Waals surface area contributed by atoms with E-state index in [1.165, 1.54) is 49.7 Å². The molecule has 3 heteroatoms. The molecule has 0 bridgehead atoms. The number of hydrogen-bond acceptors (Lipinski definition) is 3. The Morgan fingerprint density at radius 3 is 2.03 bits per heavy atom. The molecule has 0 amide bonds. The fourth-order valence-electron chi connectivity index (χ4n) is 4.58. The van der Waals surface area contributed by atoms with Crippen LogP contribution in [0.25, 0.3) is 11.1 Å². The molecule has 0 fully saturated rings. The van der Waals surface area contributed by atoms with Crippen LogP contribution in [0.4, 0.5) is 0 Å². The normalized spacial score (nSPS) is 11.9. The number of hydrogen-bond donors (Lipinski definition) is 0. The van der Waals surface area contributed by atoms with Crippen molar-refractivity contribution in [3.8, 4) is 16.9 Å². The predicted molar refractivity (Wildman–Crippen MR) is 163 cm³/mol. The average Bonchev–Trinajstić information content (AvgIpc) is 2.99. The highest BCUT2D eigenvalue weighted by molar-refractivity contribution is 5.91. The Bertz CT molecular complexity index is 1310. The van der Waals surface area contributed by atoms with E-state index in [0.717, 1.165) is 23.1 Å². The first-order valence-corrected chi connectivity index (χ1v) is 14.2. The maximum absolute atomic E-state index is 12.7. The summed E-state index contributed by atoms with van der Waals surface area (Å²) in [6.07, 6.45) is 10.9. The summed E-state index contributed by atoms with van der Waals surface area (Å²) in [5.41, 5.74) is 6.29. The van der Waals surface area contributed by atoms with E-state index in [4.69, 9.17) is 4.74 Å². The quantitative estimate of drug-likeness (QED) is 0.0766. The Labute approximate surface area is 233 Å². The van der Waals surface area contributed by atoms with Crippen LogP contribution in [0.1, 0.15) is 85.5 Å². The highest BCUT2D eigenvalue weighted by Crippen LogP contribution is 2.22. The number of rotatable bonds is 13. The third-order valence-electron chi connectivity index (χ3n) is 7.05. The zero-order chi connectivity index (χ0) is 27.3. The Morgan fingerprint density at radius 2 is 1.36 bits per heavy atom. The van der Waals surface area contributed by atoms with Gasteiger partial charge in [0.15, 0.2) is 0 Å². The van der Waals surface area contributed by atoms with Crippen molar-refractivity contribution < 1.29 is 9.53 Å². The third-order valence-corrected chi connectivity index (χ3v) is 7.05. The van der Waals surface area contributed by atoms with E-state index in [1.54, 1.807) is 12.1 Å². The molecule has 39 heavy (non-hydrogen) atoms. The highest BCUT2D eigenvalue weighted by Gasteiger charge is 2.09. The number of ether oxygens (including phenoxy) is 1. The summed E-state index contributed by atoms with van der Waals surface area (Å²) < 4.78 is 5.60. The molecule has 0 N–H and O–H groups in total. The SMILES string of the molecule is CCCCCCCCc1ccc(-c2ccc(C(=O)Oc3ccc(C=N[C@@H](C)c4ccccc4)cc3)cc2)cc1. The van der Waals surface area contributed by atoms with Gasteiger partial charge in [-0.05, 0) is 84.0 Å². The molecule has 0 aliphatic heterocycles. The van der Waals surface area contributed by atoms with Gasteiger partial charge in [-0.2, -0.15) is 0 Å². The van der Waals surface area contributed by atoms with Gasteiger partial charge in [-0.25, -0.2) is 4.79 Å². The molecular weight excluding hydrogens is 478 g/mol. The van der Waals surface area contributed by atoms with Crippen molar-refractivity contribution in [2.75, 3.05) is 0 Å². The van der Waals surface area contributed by atoms with Gasteiger partial charge in [0.1, 0.15) is 5.75 Å². The number of unbranched alkanes of at least 4 members (excludes halogenated alkanes) is 5. The van der Waals surface area contributed by atoms with Crippen molar-refractivity contribution in [3.05, 3.63) is 125 Å². The van der Waals surface area contributed by atoms with Crippen molar-refractivity contribution >= 4 is 12.2 Å². The molecule has 0 aliphatic rings. The lowest BCUT2D eigenvalue weighted by Crippen LogP contribution is -2.08. The molecule has 0 saturated heterocycles. The second-order valence-electron chi connectivity index (χ2n) is 10.1. The van der Waals surface area contributed by atoms with Gasteiger partial charge < -0.3 is 4.74 Å². The minimum Gasteiger partial charge on any atom is -0.423 e. The summed E-state index contributed by atoms with van der Waals surface area (Å²) in [4.78, 5) is 17.3. The van der Waals surface area contributed by atoms with Crippen LogP contribution in [0.3, 0.4) is 0 Å². The molecule has 200 valence electrons. The maximum Gasteiger partial charge on any atom is 0.343 e. The van der Waals surface area contributed by atoms with E-state index < -0.39 is 0 Å². The zero-order valence-corrected chi connectivity index (χ0v) is 23.2. The molecule has 0 unspecified atom stereocenters. The first kappa shape index (κ1) is 28.0. The van der Waals surface area contributed by atoms with Gasteiger partial charge in [0.05, 0.1) is 11.6 Å². The van der Waals surface area contributed by atoms with E-state index in [0.29, 0.717) is 11.3 Å². The summed E-state index contributed by atoms with van der Waals surface area (Å²) >= 11 is 0. The van der Waals surface area contributed by atoms with Gasteiger partial charge in [-0.3, -0.25) is 4.99 Å². The summed E-state index contributed by atoms with van der Waals surface area (Å²) in [6, 6.07) is 34.1. The first-order valence-electron chi connectivity index (χ1n) is 14.2. The van der Waals surface area contributed by atoms with Gasteiger partial charge in [-0.1, -0.05) is 106 Å². The summed E-state index contributed by atoms with van der Waals surface area (Å²) in [6.45, 7) is 4.32. The average molecular weight is 518 g/mol. The van der Waals surface area contributed by atoms with Crippen molar-refractivity contribution in [1.29, 1.82) is 0 Å². The molecule has 0 aliphatic carbocycles. The minimum atomic E-state index is -0.366. The number of carbonyl (C=O) groups is 1. The topological polar surface area (TPSA) is 38.7 Å². The fraction of sp³-hybridized carbons (Fsp3) is 0.278. The molecule has 3 nitrogen and oxygen atoms in total. The van der Waals surface area contributed by atoms with Crippen molar-refractivity contribution in [1.82, 2.24) is 0 Å². The number of carbonyl (C=O) groups excluding carboxylic acids is 1. The summed E-state index contributed by atoms with van der Waals surface area (Å²) in [5, 5.41) is 0. The lowest BCUT2D eigenvalue weighted by Gasteiger charge is -2.08. The monoisotopic (exact) mass is 517 g/mol. The van der Waals surface area contributed by atoms with Crippen LogP contribution >= 0.6 is 0 Å². The molecule has 0 heterocycles. The van der Waals surface area contributed by atoms with Crippen molar-refractivity contribution in [3.63, 3.8) is 0 Å². The molecule has 1 atom stereocenters. The smallest absolute Gasteiger partial charge is 0.343 e. The molecule has 0 spiro atoms. The predicted octanol–water partition coefficient (Wildman–Crippen LogP) is 9.66. The van der Waals surface area contributed by atoms with Gasteiger partial charge in [0, 0.05) is 6.21 Å². The second-order valence-corrected chi connectivity index (χ2v) is 10.1. The van der Waals surface area contributed by atoms with Crippen molar-refractivity contribution in [2.24, 2.45) is 4.99 Å². The molecule has 4 aromatic carbocycles. The van der Waals surface area contributed by atoms with E-state index >= 15 is 0 Å². The van der Waals surface area contributed by atoms with E-state index in [-0.39, 0.29) is 12.0 Å². The largest absolute Gasteiger partial charge is 0.423 e. The second kappa shape index (κ2) is 14.8. The molecule has 4 aromatic rings. The Kier molecular flexibility index (Phi) is 10.7. The molecule has 4 rings (SSSR count). The Morgan fingerprint density at radius 1 is 0.744 bits per heavy atom. The van der Waals surface area contributed by atoms with Crippen LogP contribution < -0.4 is 4.74 Å². The van der Waals surface area contributed by atoms with Crippen LogP contribution in [0.2, 0.25) is 0 Å². The number of aryl methyl sites for hydroxylation is 1. The number of aliphatic imine (C=N–C) groups is 1. The van der Waals surface area contributed by atoms with Crippen LogP contribution in [0.15, 0.2) is 108 Å². The zero-order valence-electron chi connectivity index (χ0n) is 23.2. The lowest BCUT2D eigenvalue weighted by atomic mass is 10.00. The van der Waals surface area contributed by atoms with Crippen LogP contribution in [0, 0.1) is 0 Å². The molecule has 0 aromatic heterocycles. The van der Waals surface area contributed by atoms with Crippen LogP contribution in [0.5, 0.6) is 5.75 Å². The van der Waals surface area contributed by atoms with Gasteiger partial charge >= 0.3 is 5.97 Å². The van der Waals surface area contributed by atoms with Crippen LogP contribution in [-0.2, 0) is 6.42 Å². The summed E-state index contributed by atoms with van der Waals surface area (Å²) in [5.74, 6) is 0.147. The van der Waals surface area contributed by atoms with E-state index in [2.05, 4.69) is 55.2 Å². The highest BCUT2D eigenvalue weighted by atomic mass is 16.5. The first-order chi connectivity index (χ1) is 19.1. The Hall–Kier alpha value is -3.98. The standard InChI is InChI=1S/C36H39NO2/c1-3-4-5-6-7-9-12-29-15-19-32(20-16-29)33-21-23-34(24-22-33)36(38)39-35-25-17-30(18-26-35)27-37-28(2)31-13-10-8-11-14-31/h8,10-11,13-28H,3-7,9,12H2,1-2H3/t28-/m0/s1. The molecular formula is C36H39NO2. The van der Waals surface area contributed by atoms with Gasteiger partial charge in [-0.15, -0.1) is 0 Å². The van der Waals surface area contributed by atoms with Crippen molar-refractivity contribution in [2.45, 2.75) is 64.8 Å².